The van der Waals surface area contributed by atoms with Gasteiger partial charge in [0.1, 0.15) is 5.75 Å². The molecule has 0 heterocycles. The van der Waals surface area contributed by atoms with Gasteiger partial charge in [-0.1, -0.05) is 12.1 Å². The van der Waals surface area contributed by atoms with Gasteiger partial charge in [0.05, 0.1) is 5.69 Å². The third-order valence-electron chi connectivity index (χ3n) is 2.98. The van der Waals surface area contributed by atoms with Gasteiger partial charge in [-0.15, -0.1) is 13.2 Å². The van der Waals surface area contributed by atoms with Crippen LogP contribution in [0.2, 0.25) is 0 Å². The molecule has 23 heavy (non-hydrogen) atoms. The van der Waals surface area contributed by atoms with E-state index >= 15 is 0 Å². The maximum absolute atomic E-state index is 12.2. The minimum atomic E-state index is -4.79. The number of ether oxygens (including phenoxy) is 1. The first-order valence-corrected chi connectivity index (χ1v) is 6.53. The molecule has 122 valence electrons. The van der Waals surface area contributed by atoms with Crippen LogP contribution >= 0.6 is 0 Å². The lowest BCUT2D eigenvalue weighted by atomic mass is 10.1. The zero-order chi connectivity index (χ0) is 17.0. The molecule has 0 atom stereocenters. The van der Waals surface area contributed by atoms with E-state index in [1.54, 1.807) is 18.2 Å². The number of rotatable bonds is 4. The van der Waals surface area contributed by atoms with Crippen molar-refractivity contribution in [2.45, 2.75) is 13.3 Å². The number of hydrazine groups is 1. The smallest absolute Gasteiger partial charge is 0.406 e. The van der Waals surface area contributed by atoms with Gasteiger partial charge in [0.25, 0.3) is 5.91 Å². The van der Waals surface area contributed by atoms with Crippen LogP contribution in [0.15, 0.2) is 42.5 Å². The standard InChI is InChI=1S/C15H14F3N3O2/c1-9-5-6-10(7-13(9)21-19)14(22)20-11-3-2-4-12(8-11)23-15(16,17)18/h2-8,21H,19H2,1H3,(H,20,22). The quantitative estimate of drug-likeness (QED) is 0.594. The Hall–Kier alpha value is -2.74. The lowest BCUT2D eigenvalue weighted by Gasteiger charge is -2.11. The molecule has 5 nitrogen and oxygen atoms in total. The highest BCUT2D eigenvalue weighted by Gasteiger charge is 2.31. The Morgan fingerprint density at radius 3 is 2.57 bits per heavy atom. The van der Waals surface area contributed by atoms with Crippen LogP contribution in [0, 0.1) is 6.92 Å². The van der Waals surface area contributed by atoms with Crippen LogP contribution in [-0.4, -0.2) is 12.3 Å². The molecule has 0 aromatic heterocycles. The fourth-order valence-electron chi connectivity index (χ4n) is 1.89. The maximum atomic E-state index is 12.2. The number of halogens is 3. The predicted molar refractivity (Wildman–Crippen MR) is 80.1 cm³/mol. The highest BCUT2D eigenvalue weighted by atomic mass is 19.4. The average Bonchev–Trinajstić information content (AvgIpc) is 2.46. The molecule has 0 aliphatic carbocycles. The van der Waals surface area contributed by atoms with Crippen molar-refractivity contribution in [1.82, 2.24) is 0 Å². The molecule has 0 aliphatic heterocycles. The third-order valence-corrected chi connectivity index (χ3v) is 2.98. The largest absolute Gasteiger partial charge is 0.573 e. The summed E-state index contributed by atoms with van der Waals surface area (Å²) in [7, 11) is 0. The summed E-state index contributed by atoms with van der Waals surface area (Å²) < 4.78 is 40.4. The highest BCUT2D eigenvalue weighted by molar-refractivity contribution is 6.05. The van der Waals surface area contributed by atoms with E-state index in [4.69, 9.17) is 5.84 Å². The first-order valence-electron chi connectivity index (χ1n) is 6.53. The Bertz CT molecular complexity index is 717. The van der Waals surface area contributed by atoms with Crippen LogP contribution in [0.4, 0.5) is 24.5 Å². The minimum absolute atomic E-state index is 0.180. The molecule has 0 saturated carbocycles. The Morgan fingerprint density at radius 1 is 1.17 bits per heavy atom. The van der Waals surface area contributed by atoms with Gasteiger partial charge in [0, 0.05) is 17.3 Å². The molecule has 2 aromatic carbocycles. The molecule has 4 N–H and O–H groups in total. The molecule has 0 radical (unpaired) electrons. The normalized spacial score (nSPS) is 11.0. The summed E-state index contributed by atoms with van der Waals surface area (Å²) in [5, 5.41) is 2.50. The molecular formula is C15H14F3N3O2. The van der Waals surface area contributed by atoms with E-state index in [9.17, 15) is 18.0 Å². The topological polar surface area (TPSA) is 76.4 Å². The molecular weight excluding hydrogens is 311 g/mol. The molecule has 2 rings (SSSR count). The number of aryl methyl sites for hydroxylation is 1. The lowest BCUT2D eigenvalue weighted by Crippen LogP contribution is -2.17. The van der Waals surface area contributed by atoms with Crippen molar-refractivity contribution in [2.24, 2.45) is 5.84 Å². The summed E-state index contributed by atoms with van der Waals surface area (Å²) in [6.07, 6.45) is -4.79. The van der Waals surface area contributed by atoms with E-state index in [0.717, 1.165) is 17.7 Å². The van der Waals surface area contributed by atoms with Gasteiger partial charge >= 0.3 is 6.36 Å². The second kappa shape index (κ2) is 6.57. The van der Waals surface area contributed by atoms with Gasteiger partial charge in [-0.05, 0) is 36.8 Å². The van der Waals surface area contributed by atoms with E-state index in [1.165, 1.54) is 12.1 Å². The average molecular weight is 325 g/mol. The van der Waals surface area contributed by atoms with Gasteiger partial charge < -0.3 is 15.5 Å². The summed E-state index contributed by atoms with van der Waals surface area (Å²) >= 11 is 0. The zero-order valence-electron chi connectivity index (χ0n) is 12.1. The number of anilines is 2. The predicted octanol–water partition coefficient (Wildman–Crippen LogP) is 3.43. The number of hydrogen-bond acceptors (Lipinski definition) is 4. The molecule has 8 heteroatoms. The van der Waals surface area contributed by atoms with Crippen molar-refractivity contribution in [3.05, 3.63) is 53.6 Å². The van der Waals surface area contributed by atoms with Crippen LogP contribution < -0.4 is 21.3 Å². The third kappa shape index (κ3) is 4.62. The second-order valence-electron chi connectivity index (χ2n) is 4.70. The van der Waals surface area contributed by atoms with E-state index in [1.807, 2.05) is 6.92 Å². The summed E-state index contributed by atoms with van der Waals surface area (Å²) in [4.78, 5) is 12.1. The van der Waals surface area contributed by atoms with Gasteiger partial charge in [-0.25, -0.2) is 0 Å². The minimum Gasteiger partial charge on any atom is -0.406 e. The monoisotopic (exact) mass is 325 g/mol. The van der Waals surface area contributed by atoms with Gasteiger partial charge in [-0.2, -0.15) is 0 Å². The Labute approximate surface area is 130 Å². The van der Waals surface area contributed by atoms with Gasteiger partial charge in [0.2, 0.25) is 0 Å². The molecule has 1 amide bonds. The number of benzene rings is 2. The van der Waals surface area contributed by atoms with Crippen molar-refractivity contribution in [2.75, 3.05) is 10.7 Å². The first kappa shape index (κ1) is 16.6. The van der Waals surface area contributed by atoms with Crippen LogP contribution in [0.25, 0.3) is 0 Å². The van der Waals surface area contributed by atoms with Crippen molar-refractivity contribution in [3.63, 3.8) is 0 Å². The molecule has 0 bridgehead atoms. The van der Waals surface area contributed by atoms with E-state index in [0.29, 0.717) is 11.3 Å². The van der Waals surface area contributed by atoms with Crippen LogP contribution in [0.1, 0.15) is 15.9 Å². The Morgan fingerprint density at radius 2 is 1.91 bits per heavy atom. The number of amides is 1. The summed E-state index contributed by atoms with van der Waals surface area (Å²) in [5.74, 6) is 4.45. The number of alkyl halides is 3. The Balaban J connectivity index is 2.15. The van der Waals surface area contributed by atoms with Crippen molar-refractivity contribution in [3.8, 4) is 5.75 Å². The van der Waals surface area contributed by atoms with Crippen molar-refractivity contribution < 1.29 is 22.7 Å². The Kier molecular flexibility index (Phi) is 4.75. The number of nitrogens with two attached hydrogens (primary N) is 1. The SMILES string of the molecule is Cc1ccc(C(=O)Nc2cccc(OC(F)(F)F)c2)cc1NN. The molecule has 0 aliphatic rings. The summed E-state index contributed by atoms with van der Waals surface area (Å²) in [6, 6.07) is 9.86. The number of nitrogens with one attached hydrogen (secondary N) is 2. The molecule has 0 unspecified atom stereocenters. The van der Waals surface area contributed by atoms with E-state index < -0.39 is 18.0 Å². The summed E-state index contributed by atoms with van der Waals surface area (Å²) in [5.41, 5.74) is 4.38. The van der Waals surface area contributed by atoms with Gasteiger partial charge in [-0.3, -0.25) is 10.6 Å². The molecule has 2 aromatic rings. The summed E-state index contributed by atoms with van der Waals surface area (Å²) in [6.45, 7) is 1.81. The number of nitrogen functional groups attached to an aromatic ring is 1. The zero-order valence-corrected chi connectivity index (χ0v) is 12.1. The fraction of sp³-hybridized carbons (Fsp3) is 0.133. The molecule has 0 saturated heterocycles. The highest BCUT2D eigenvalue weighted by Crippen LogP contribution is 2.25. The van der Waals surface area contributed by atoms with Crippen molar-refractivity contribution in [1.29, 1.82) is 0 Å². The van der Waals surface area contributed by atoms with Crippen LogP contribution in [0.5, 0.6) is 5.75 Å². The van der Waals surface area contributed by atoms with Crippen LogP contribution in [-0.2, 0) is 0 Å². The van der Waals surface area contributed by atoms with Crippen LogP contribution in [0.3, 0.4) is 0 Å². The molecule has 0 spiro atoms. The van der Waals surface area contributed by atoms with Gasteiger partial charge in [0.15, 0.2) is 0 Å². The van der Waals surface area contributed by atoms with E-state index in [2.05, 4.69) is 15.5 Å². The first-order chi connectivity index (χ1) is 10.8. The van der Waals surface area contributed by atoms with E-state index in [-0.39, 0.29) is 5.69 Å². The fourth-order valence-corrected chi connectivity index (χ4v) is 1.89. The maximum Gasteiger partial charge on any atom is 0.573 e. The number of hydrogen-bond donors (Lipinski definition) is 3. The van der Waals surface area contributed by atoms with Crippen molar-refractivity contribution >= 4 is 17.3 Å². The number of carbonyl (C=O) groups is 1. The molecule has 0 fully saturated rings. The second-order valence-corrected chi connectivity index (χ2v) is 4.70. The number of carbonyl (C=O) groups excluding carboxylic acids is 1. The lowest BCUT2D eigenvalue weighted by molar-refractivity contribution is -0.274.